The van der Waals surface area contributed by atoms with Gasteiger partial charge in [0.05, 0.1) is 17.0 Å². The lowest BCUT2D eigenvalue weighted by Crippen LogP contribution is -2.52. The quantitative estimate of drug-likeness (QED) is 0.749. The minimum atomic E-state index is -4.74. The zero-order valence-electron chi connectivity index (χ0n) is 15.5. The number of nitrogens with zero attached hydrogens (tertiary/aromatic N) is 3. The molecule has 6 nitrogen and oxygen atoms in total. The van der Waals surface area contributed by atoms with Crippen LogP contribution in [0.1, 0.15) is 24.8 Å². The number of piperazine rings is 1. The van der Waals surface area contributed by atoms with E-state index >= 15 is 0 Å². The molecular weight excluding hydrogens is 395 g/mol. The van der Waals surface area contributed by atoms with Crippen LogP contribution in [-0.2, 0) is 21.0 Å². The predicted octanol–water partition coefficient (Wildman–Crippen LogP) is 2.02. The van der Waals surface area contributed by atoms with Crippen LogP contribution in [-0.4, -0.2) is 74.2 Å². The second-order valence-corrected chi connectivity index (χ2v) is 9.02. The molecule has 0 radical (unpaired) electrons. The zero-order chi connectivity index (χ0) is 20.4. The first-order valence-electron chi connectivity index (χ1n) is 9.36. The highest BCUT2D eigenvalue weighted by Gasteiger charge is 2.39. The number of likely N-dealkylation sites (tertiary alicyclic amines) is 1. The Kier molecular flexibility index (Phi) is 6.31. The van der Waals surface area contributed by atoms with E-state index in [4.69, 9.17) is 0 Å². The van der Waals surface area contributed by atoms with Crippen LogP contribution in [0.2, 0.25) is 0 Å². The number of amides is 1. The number of carbonyl (C=O) groups excluding carboxylic acids is 1. The lowest BCUT2D eigenvalue weighted by atomic mass is 10.1. The van der Waals surface area contributed by atoms with E-state index in [1.54, 1.807) is 0 Å². The molecule has 28 heavy (non-hydrogen) atoms. The molecule has 10 heteroatoms. The van der Waals surface area contributed by atoms with E-state index < -0.39 is 26.7 Å². The molecule has 0 bridgehead atoms. The number of rotatable bonds is 4. The van der Waals surface area contributed by atoms with Crippen LogP contribution in [0.5, 0.6) is 0 Å². The summed E-state index contributed by atoms with van der Waals surface area (Å²) in [6.45, 7) is 2.46. The topological polar surface area (TPSA) is 60.9 Å². The molecule has 0 saturated carbocycles. The fraction of sp³-hybridized carbons (Fsp3) is 0.611. The third-order valence-electron chi connectivity index (χ3n) is 5.21. The van der Waals surface area contributed by atoms with Crippen molar-refractivity contribution < 1.29 is 26.4 Å². The van der Waals surface area contributed by atoms with Crippen LogP contribution < -0.4 is 0 Å². The second kappa shape index (κ2) is 8.38. The summed E-state index contributed by atoms with van der Waals surface area (Å²) in [5, 5.41) is 0. The van der Waals surface area contributed by atoms with Crippen LogP contribution >= 0.6 is 0 Å². The van der Waals surface area contributed by atoms with Gasteiger partial charge in [0.1, 0.15) is 0 Å². The monoisotopic (exact) mass is 419 g/mol. The molecule has 0 spiro atoms. The molecule has 3 rings (SSSR count). The van der Waals surface area contributed by atoms with E-state index in [1.165, 1.54) is 12.1 Å². The Bertz CT molecular complexity index is 800. The first-order chi connectivity index (χ1) is 13.2. The first kappa shape index (κ1) is 21.1. The van der Waals surface area contributed by atoms with Gasteiger partial charge in [0.15, 0.2) is 0 Å². The van der Waals surface area contributed by atoms with Crippen molar-refractivity contribution in [2.45, 2.75) is 30.3 Å². The van der Waals surface area contributed by atoms with Crippen molar-refractivity contribution in [1.29, 1.82) is 0 Å². The van der Waals surface area contributed by atoms with Gasteiger partial charge < -0.3 is 4.90 Å². The van der Waals surface area contributed by atoms with Crippen LogP contribution in [0.3, 0.4) is 0 Å². The number of alkyl halides is 3. The number of piperidine rings is 1. The number of benzene rings is 1. The normalized spacial score (nSPS) is 20.3. The fourth-order valence-electron chi connectivity index (χ4n) is 3.63. The SMILES string of the molecule is O=C(CN1CCN(S(=O)(=O)c2ccccc2C(F)(F)F)CC1)N1CCCCC1. The molecule has 2 aliphatic heterocycles. The summed E-state index contributed by atoms with van der Waals surface area (Å²) in [5.41, 5.74) is -1.15. The molecule has 2 saturated heterocycles. The van der Waals surface area contributed by atoms with Crippen molar-refractivity contribution in [3.05, 3.63) is 29.8 Å². The maximum absolute atomic E-state index is 13.2. The standard InChI is InChI=1S/C18H24F3N3O3S/c19-18(20,21)15-6-2-3-7-16(15)28(26,27)24-12-10-22(11-13-24)14-17(25)23-8-4-1-5-9-23/h2-3,6-7H,1,4-5,8-14H2. The average Bonchev–Trinajstić information content (AvgIpc) is 2.68. The Morgan fingerprint density at radius 1 is 0.929 bits per heavy atom. The molecule has 0 unspecified atom stereocenters. The van der Waals surface area contributed by atoms with Crippen LogP contribution in [0, 0.1) is 0 Å². The van der Waals surface area contributed by atoms with Gasteiger partial charge in [0.25, 0.3) is 0 Å². The third-order valence-corrected chi connectivity index (χ3v) is 7.17. The predicted molar refractivity (Wildman–Crippen MR) is 97.1 cm³/mol. The Morgan fingerprint density at radius 3 is 2.14 bits per heavy atom. The molecule has 2 aliphatic rings. The van der Waals surface area contributed by atoms with Crippen LogP contribution in [0.4, 0.5) is 13.2 Å². The van der Waals surface area contributed by atoms with E-state index in [0.29, 0.717) is 13.1 Å². The Labute approximate surface area is 162 Å². The van der Waals surface area contributed by atoms with Crippen molar-refractivity contribution in [2.75, 3.05) is 45.8 Å². The number of carbonyl (C=O) groups is 1. The molecule has 156 valence electrons. The molecule has 1 aromatic carbocycles. The zero-order valence-corrected chi connectivity index (χ0v) is 16.3. The maximum Gasteiger partial charge on any atom is 0.417 e. The third kappa shape index (κ3) is 4.66. The summed E-state index contributed by atoms with van der Waals surface area (Å²) in [6, 6.07) is 4.23. The molecule has 0 aliphatic carbocycles. The molecule has 1 amide bonds. The minimum Gasteiger partial charge on any atom is -0.342 e. The van der Waals surface area contributed by atoms with E-state index in [-0.39, 0.29) is 25.5 Å². The summed E-state index contributed by atoms with van der Waals surface area (Å²) in [7, 11) is -4.26. The highest BCUT2D eigenvalue weighted by Crippen LogP contribution is 2.35. The van der Waals surface area contributed by atoms with Crippen molar-refractivity contribution >= 4 is 15.9 Å². The molecular formula is C18H24F3N3O3S. The Hall–Kier alpha value is -1.65. The summed E-state index contributed by atoms with van der Waals surface area (Å²) in [4.78, 5) is 15.3. The summed E-state index contributed by atoms with van der Waals surface area (Å²) in [5.74, 6) is 0.0263. The molecule has 0 aromatic heterocycles. The number of hydrogen-bond donors (Lipinski definition) is 0. The van der Waals surface area contributed by atoms with Gasteiger partial charge in [-0.3, -0.25) is 9.69 Å². The summed E-state index contributed by atoms with van der Waals surface area (Å²) >= 11 is 0. The van der Waals surface area contributed by atoms with Crippen molar-refractivity contribution in [2.24, 2.45) is 0 Å². The highest BCUT2D eigenvalue weighted by molar-refractivity contribution is 7.89. The highest BCUT2D eigenvalue weighted by atomic mass is 32.2. The van der Waals surface area contributed by atoms with Gasteiger partial charge in [-0.25, -0.2) is 8.42 Å². The lowest BCUT2D eigenvalue weighted by molar-refractivity contribution is -0.140. The van der Waals surface area contributed by atoms with Crippen molar-refractivity contribution in [1.82, 2.24) is 14.1 Å². The fourth-order valence-corrected chi connectivity index (χ4v) is 5.26. The molecule has 0 N–H and O–H groups in total. The van der Waals surface area contributed by atoms with E-state index in [1.807, 2.05) is 9.80 Å². The lowest BCUT2D eigenvalue weighted by Gasteiger charge is -2.35. The minimum absolute atomic E-state index is 0.0263. The molecule has 0 atom stereocenters. The second-order valence-electron chi connectivity index (χ2n) is 7.12. The number of hydrogen-bond acceptors (Lipinski definition) is 4. The Balaban J connectivity index is 1.64. The number of halogens is 3. The van der Waals surface area contributed by atoms with Gasteiger partial charge in [-0.05, 0) is 31.4 Å². The summed E-state index contributed by atoms with van der Waals surface area (Å²) in [6.07, 6.45) is -1.63. The number of sulfonamides is 1. The van der Waals surface area contributed by atoms with E-state index in [0.717, 1.165) is 48.8 Å². The van der Waals surface area contributed by atoms with Crippen LogP contribution in [0.25, 0.3) is 0 Å². The van der Waals surface area contributed by atoms with E-state index in [9.17, 15) is 26.4 Å². The van der Waals surface area contributed by atoms with E-state index in [2.05, 4.69) is 0 Å². The first-order valence-corrected chi connectivity index (χ1v) is 10.8. The van der Waals surface area contributed by atoms with Crippen molar-refractivity contribution in [3.8, 4) is 0 Å². The van der Waals surface area contributed by atoms with Crippen molar-refractivity contribution in [3.63, 3.8) is 0 Å². The van der Waals surface area contributed by atoms with Gasteiger partial charge in [0.2, 0.25) is 15.9 Å². The summed E-state index contributed by atoms with van der Waals surface area (Å²) < 4.78 is 66.2. The average molecular weight is 419 g/mol. The maximum atomic E-state index is 13.2. The molecule has 2 fully saturated rings. The van der Waals surface area contributed by atoms with Gasteiger partial charge in [-0.2, -0.15) is 17.5 Å². The largest absolute Gasteiger partial charge is 0.417 e. The van der Waals surface area contributed by atoms with Crippen LogP contribution in [0.15, 0.2) is 29.2 Å². The van der Waals surface area contributed by atoms with Gasteiger partial charge in [-0.1, -0.05) is 12.1 Å². The molecule has 2 heterocycles. The smallest absolute Gasteiger partial charge is 0.342 e. The van der Waals surface area contributed by atoms with Gasteiger partial charge >= 0.3 is 6.18 Å². The van der Waals surface area contributed by atoms with Gasteiger partial charge in [-0.15, -0.1) is 0 Å². The Morgan fingerprint density at radius 2 is 1.54 bits per heavy atom. The molecule has 1 aromatic rings. The van der Waals surface area contributed by atoms with Gasteiger partial charge in [0, 0.05) is 39.3 Å².